The van der Waals surface area contributed by atoms with Crippen molar-refractivity contribution in [1.29, 1.82) is 0 Å². The summed E-state index contributed by atoms with van der Waals surface area (Å²) >= 11 is 7.52. The summed E-state index contributed by atoms with van der Waals surface area (Å²) in [6.07, 6.45) is 0.916. The fourth-order valence-corrected chi connectivity index (χ4v) is 6.78. The fraction of sp³-hybridized carbons (Fsp3) is 0.286. The molecule has 158 valence electrons. The van der Waals surface area contributed by atoms with Crippen LogP contribution in [0.5, 0.6) is 5.75 Å². The number of aromatic nitrogens is 1. The monoisotopic (exact) mass is 466 g/mol. The van der Waals surface area contributed by atoms with E-state index in [1.165, 1.54) is 17.4 Å². The minimum absolute atomic E-state index is 0.00303. The molecule has 0 bridgehead atoms. The molecular formula is C21H20ClFN2O3S2. The summed E-state index contributed by atoms with van der Waals surface area (Å²) in [5.74, 6) is 0.207. The molecule has 0 N–H and O–H groups in total. The zero-order chi connectivity index (χ0) is 21.3. The number of hydrogen-bond acceptors (Lipinski definition) is 6. The van der Waals surface area contributed by atoms with Gasteiger partial charge in [0, 0.05) is 24.0 Å². The van der Waals surface area contributed by atoms with Gasteiger partial charge in [-0.15, -0.1) is 11.3 Å². The Bertz CT molecular complexity index is 1160. The summed E-state index contributed by atoms with van der Waals surface area (Å²) in [6, 6.07) is 11.1. The van der Waals surface area contributed by atoms with E-state index in [-0.39, 0.29) is 9.92 Å². The van der Waals surface area contributed by atoms with E-state index in [2.05, 4.69) is 4.90 Å². The van der Waals surface area contributed by atoms with Crippen LogP contribution in [0.4, 0.5) is 9.52 Å². The highest BCUT2D eigenvalue weighted by atomic mass is 35.5. The Labute approximate surface area is 184 Å². The van der Waals surface area contributed by atoms with Crippen LogP contribution in [0.1, 0.15) is 12.8 Å². The molecule has 0 saturated carbocycles. The van der Waals surface area contributed by atoms with Gasteiger partial charge >= 0.3 is 0 Å². The second kappa shape index (κ2) is 8.53. The Morgan fingerprint density at radius 3 is 2.63 bits per heavy atom. The fourth-order valence-electron chi connectivity index (χ4n) is 3.63. The highest BCUT2D eigenvalue weighted by molar-refractivity contribution is 7.92. The maximum absolute atomic E-state index is 13.3. The summed E-state index contributed by atoms with van der Waals surface area (Å²) in [7, 11) is -1.99. The summed E-state index contributed by atoms with van der Waals surface area (Å²) in [4.78, 5) is 6.83. The number of sulfone groups is 1. The minimum atomic E-state index is -3.62. The highest BCUT2D eigenvalue weighted by Crippen LogP contribution is 2.35. The first kappa shape index (κ1) is 21.1. The van der Waals surface area contributed by atoms with Crippen LogP contribution in [0.2, 0.25) is 5.02 Å². The summed E-state index contributed by atoms with van der Waals surface area (Å²) in [5, 5.41) is 2.21. The summed E-state index contributed by atoms with van der Waals surface area (Å²) < 4.78 is 44.6. The third kappa shape index (κ3) is 4.04. The Balaban J connectivity index is 1.48. The van der Waals surface area contributed by atoms with Crippen molar-refractivity contribution in [1.82, 2.24) is 4.98 Å². The predicted octanol–water partition coefficient (Wildman–Crippen LogP) is 5.05. The van der Waals surface area contributed by atoms with Crippen molar-refractivity contribution in [2.24, 2.45) is 0 Å². The van der Waals surface area contributed by atoms with Gasteiger partial charge in [0.1, 0.15) is 11.6 Å². The molecule has 4 rings (SSSR count). The molecule has 1 aliphatic rings. The highest BCUT2D eigenvalue weighted by Gasteiger charge is 2.33. The zero-order valence-corrected chi connectivity index (χ0v) is 18.6. The lowest BCUT2D eigenvalue weighted by Crippen LogP contribution is -2.39. The van der Waals surface area contributed by atoms with Gasteiger partial charge in [-0.05, 0) is 43.2 Å². The molecule has 0 aliphatic carbocycles. The van der Waals surface area contributed by atoms with Crippen LogP contribution in [-0.2, 0) is 9.84 Å². The van der Waals surface area contributed by atoms with E-state index >= 15 is 0 Å². The first-order chi connectivity index (χ1) is 14.4. The molecule has 1 fully saturated rings. The van der Waals surface area contributed by atoms with Crippen LogP contribution >= 0.6 is 22.9 Å². The Hall–Kier alpha value is -2.16. The van der Waals surface area contributed by atoms with Crippen molar-refractivity contribution in [2.75, 3.05) is 25.1 Å². The van der Waals surface area contributed by atoms with E-state index in [4.69, 9.17) is 21.3 Å². The molecule has 0 unspecified atom stereocenters. The average molecular weight is 467 g/mol. The number of hydrogen-bond donors (Lipinski definition) is 0. The Morgan fingerprint density at radius 1 is 1.20 bits per heavy atom. The van der Waals surface area contributed by atoms with Crippen LogP contribution in [0.25, 0.3) is 11.3 Å². The van der Waals surface area contributed by atoms with Crippen LogP contribution in [-0.4, -0.2) is 38.9 Å². The zero-order valence-electron chi connectivity index (χ0n) is 16.2. The van der Waals surface area contributed by atoms with Crippen LogP contribution in [0, 0.1) is 5.82 Å². The van der Waals surface area contributed by atoms with Gasteiger partial charge in [0.05, 0.1) is 28.0 Å². The van der Waals surface area contributed by atoms with Crippen molar-refractivity contribution in [2.45, 2.75) is 23.0 Å². The summed E-state index contributed by atoms with van der Waals surface area (Å²) in [6.45, 7) is 1.14. The smallest absolute Gasteiger partial charge is 0.185 e. The lowest BCUT2D eigenvalue weighted by Gasteiger charge is -2.31. The molecule has 5 nitrogen and oxygen atoms in total. The number of thiazole rings is 1. The van der Waals surface area contributed by atoms with E-state index in [0.717, 1.165) is 34.3 Å². The summed E-state index contributed by atoms with van der Waals surface area (Å²) in [5.41, 5.74) is 1.76. The molecule has 30 heavy (non-hydrogen) atoms. The number of rotatable bonds is 5. The SMILES string of the molecule is COc1ccccc1-c1csc(N2CCC(S(=O)(=O)c3ccc(F)cc3Cl)CC2)n1. The van der Waals surface area contributed by atoms with E-state index in [1.807, 2.05) is 29.6 Å². The lowest BCUT2D eigenvalue weighted by molar-refractivity contribution is 0.416. The lowest BCUT2D eigenvalue weighted by atomic mass is 10.1. The minimum Gasteiger partial charge on any atom is -0.496 e. The second-order valence-electron chi connectivity index (χ2n) is 7.02. The predicted molar refractivity (Wildman–Crippen MR) is 118 cm³/mol. The molecule has 9 heteroatoms. The van der Waals surface area contributed by atoms with Crippen molar-refractivity contribution >= 4 is 37.9 Å². The van der Waals surface area contributed by atoms with E-state index in [0.29, 0.717) is 25.9 Å². The Kier molecular flexibility index (Phi) is 5.99. The standard InChI is InChI=1S/C21H20ClFN2O3S2/c1-28-19-5-3-2-4-16(19)18-13-29-21(24-18)25-10-8-15(9-11-25)30(26,27)20-7-6-14(23)12-17(20)22/h2-7,12-13,15H,8-11H2,1H3. The van der Waals surface area contributed by atoms with Gasteiger partial charge < -0.3 is 9.64 Å². The molecule has 0 radical (unpaired) electrons. The van der Waals surface area contributed by atoms with Crippen molar-refractivity contribution in [3.8, 4) is 17.0 Å². The number of benzene rings is 2. The molecule has 0 atom stereocenters. The van der Waals surface area contributed by atoms with Gasteiger partial charge in [-0.3, -0.25) is 0 Å². The quantitative estimate of drug-likeness (QED) is 0.492. The van der Waals surface area contributed by atoms with Gasteiger partial charge in [-0.1, -0.05) is 23.7 Å². The number of anilines is 1. The maximum Gasteiger partial charge on any atom is 0.185 e. The normalized spacial score (nSPS) is 15.4. The average Bonchev–Trinajstić information content (AvgIpc) is 3.23. The van der Waals surface area contributed by atoms with Gasteiger partial charge in [0.15, 0.2) is 15.0 Å². The molecule has 1 aliphatic heterocycles. The third-order valence-electron chi connectivity index (χ3n) is 5.23. The van der Waals surface area contributed by atoms with Crippen LogP contribution in [0.3, 0.4) is 0 Å². The van der Waals surface area contributed by atoms with Gasteiger partial charge in [-0.2, -0.15) is 0 Å². The van der Waals surface area contributed by atoms with Gasteiger partial charge in [-0.25, -0.2) is 17.8 Å². The third-order valence-corrected chi connectivity index (χ3v) is 8.87. The van der Waals surface area contributed by atoms with Crippen LogP contribution in [0.15, 0.2) is 52.7 Å². The van der Waals surface area contributed by atoms with E-state index in [1.54, 1.807) is 7.11 Å². The van der Waals surface area contributed by atoms with E-state index < -0.39 is 20.9 Å². The van der Waals surface area contributed by atoms with E-state index in [9.17, 15) is 12.8 Å². The first-order valence-electron chi connectivity index (χ1n) is 9.43. The van der Waals surface area contributed by atoms with Crippen molar-refractivity contribution in [3.05, 3.63) is 58.7 Å². The number of ether oxygens (including phenoxy) is 1. The number of halogens is 2. The number of para-hydroxylation sites is 1. The largest absolute Gasteiger partial charge is 0.496 e. The number of piperidine rings is 1. The van der Waals surface area contributed by atoms with Crippen LogP contribution < -0.4 is 9.64 Å². The molecular weight excluding hydrogens is 447 g/mol. The second-order valence-corrected chi connectivity index (χ2v) is 10.5. The molecule has 2 aromatic carbocycles. The number of nitrogens with zero attached hydrogens (tertiary/aromatic N) is 2. The topological polar surface area (TPSA) is 59.5 Å². The Morgan fingerprint density at radius 2 is 1.93 bits per heavy atom. The first-order valence-corrected chi connectivity index (χ1v) is 12.2. The molecule has 1 saturated heterocycles. The van der Waals surface area contributed by atoms with Crippen molar-refractivity contribution < 1.29 is 17.5 Å². The number of methoxy groups -OCH3 is 1. The molecule has 2 heterocycles. The van der Waals surface area contributed by atoms with Crippen molar-refractivity contribution in [3.63, 3.8) is 0 Å². The van der Waals surface area contributed by atoms with Gasteiger partial charge in [0.25, 0.3) is 0 Å². The molecule has 0 amide bonds. The molecule has 1 aromatic heterocycles. The maximum atomic E-state index is 13.3. The molecule has 0 spiro atoms. The van der Waals surface area contributed by atoms with Gasteiger partial charge in [0.2, 0.25) is 0 Å². The molecule has 3 aromatic rings.